The molecule has 1 aromatic rings. The Morgan fingerprint density at radius 3 is 3.06 bits per heavy atom. The zero-order valence-corrected chi connectivity index (χ0v) is 8.57. The Balaban J connectivity index is 2.30. The molecule has 0 fully saturated rings. The Kier molecular flexibility index (Phi) is 2.78. The van der Waals surface area contributed by atoms with E-state index in [0.717, 1.165) is 5.56 Å². The van der Waals surface area contributed by atoms with Crippen LogP contribution in [0.15, 0.2) is 12.1 Å². The number of carboxylic acid groups (broad SMARTS) is 1. The molecule has 0 spiro atoms. The van der Waals surface area contributed by atoms with Gasteiger partial charge >= 0.3 is 5.97 Å². The van der Waals surface area contributed by atoms with Gasteiger partial charge in [-0.2, -0.15) is 0 Å². The van der Waals surface area contributed by atoms with Crippen molar-refractivity contribution in [2.24, 2.45) is 5.73 Å². The molecule has 1 aliphatic heterocycles. The second-order valence-corrected chi connectivity index (χ2v) is 3.78. The van der Waals surface area contributed by atoms with Crippen molar-refractivity contribution in [1.82, 2.24) is 0 Å². The number of nitrogens with two attached hydrogens (primary N) is 1. The number of aliphatic carboxylic acids is 1. The number of carbonyl (C=O) groups is 1. The smallest absolute Gasteiger partial charge is 0.305 e. The summed E-state index contributed by atoms with van der Waals surface area (Å²) in [6.07, 6.45) is 0.430. The number of carboxylic acids is 1. The third-order valence-electron chi connectivity index (χ3n) is 2.60. The molecule has 4 nitrogen and oxygen atoms in total. The Hall–Kier alpha value is -1.62. The van der Waals surface area contributed by atoms with Crippen LogP contribution >= 0.6 is 0 Å². The van der Waals surface area contributed by atoms with Crippen LogP contribution in [0.1, 0.15) is 23.6 Å². The summed E-state index contributed by atoms with van der Waals surface area (Å²) in [5, 5.41) is 8.60. The van der Waals surface area contributed by atoms with E-state index in [1.807, 2.05) is 0 Å². The highest BCUT2D eigenvalue weighted by Gasteiger charge is 2.20. The summed E-state index contributed by atoms with van der Waals surface area (Å²) in [4.78, 5) is 10.5. The molecule has 86 valence electrons. The molecule has 16 heavy (non-hydrogen) atoms. The fourth-order valence-corrected chi connectivity index (χ4v) is 1.80. The van der Waals surface area contributed by atoms with E-state index in [-0.39, 0.29) is 12.0 Å². The fourth-order valence-electron chi connectivity index (χ4n) is 1.80. The number of hydrogen-bond acceptors (Lipinski definition) is 3. The van der Waals surface area contributed by atoms with Crippen LogP contribution in [0.2, 0.25) is 0 Å². The molecule has 1 atom stereocenters. The van der Waals surface area contributed by atoms with Gasteiger partial charge in [0.2, 0.25) is 0 Å². The number of ether oxygens (including phenoxy) is 1. The lowest BCUT2D eigenvalue weighted by atomic mass is 10.0. The van der Waals surface area contributed by atoms with Crippen LogP contribution < -0.4 is 10.5 Å². The van der Waals surface area contributed by atoms with E-state index in [1.165, 1.54) is 6.07 Å². The summed E-state index contributed by atoms with van der Waals surface area (Å²) in [6.45, 7) is 0.534. The molecule has 0 radical (unpaired) electrons. The van der Waals surface area contributed by atoms with E-state index in [9.17, 15) is 9.18 Å². The molecule has 0 aromatic heterocycles. The fraction of sp³-hybridized carbons (Fsp3) is 0.364. The molecule has 3 N–H and O–H groups in total. The monoisotopic (exact) mass is 225 g/mol. The molecule has 1 unspecified atom stereocenters. The Morgan fingerprint density at radius 2 is 2.38 bits per heavy atom. The molecule has 2 rings (SSSR count). The average molecular weight is 225 g/mol. The highest BCUT2D eigenvalue weighted by atomic mass is 19.1. The molecule has 0 saturated carbocycles. The van der Waals surface area contributed by atoms with E-state index in [0.29, 0.717) is 18.8 Å². The van der Waals surface area contributed by atoms with Gasteiger partial charge in [-0.25, -0.2) is 4.39 Å². The molecule has 0 bridgehead atoms. The summed E-state index contributed by atoms with van der Waals surface area (Å²) >= 11 is 0. The van der Waals surface area contributed by atoms with Crippen molar-refractivity contribution in [3.05, 3.63) is 29.1 Å². The van der Waals surface area contributed by atoms with Gasteiger partial charge in [-0.3, -0.25) is 4.79 Å². The third kappa shape index (κ3) is 1.99. The van der Waals surface area contributed by atoms with E-state index in [2.05, 4.69) is 0 Å². The Labute approximate surface area is 91.8 Å². The minimum absolute atomic E-state index is 0.242. The van der Waals surface area contributed by atoms with E-state index in [1.54, 1.807) is 6.07 Å². The van der Waals surface area contributed by atoms with Crippen molar-refractivity contribution in [2.45, 2.75) is 18.9 Å². The lowest BCUT2D eigenvalue weighted by Crippen LogP contribution is -2.16. The molecule has 1 heterocycles. The van der Waals surface area contributed by atoms with Gasteiger partial charge in [-0.15, -0.1) is 0 Å². The standard InChI is InChI=1S/C11H12FNO3/c12-8-4-10-6(1-2-16-10)3-7(8)9(13)5-11(14)15/h3-4,9H,1-2,5,13H2,(H,14,15). The SMILES string of the molecule is NC(CC(=O)O)c1cc2c(cc1F)OCC2. The predicted octanol–water partition coefficient (Wildman–Crippen LogP) is 1.24. The van der Waals surface area contributed by atoms with Gasteiger partial charge in [0, 0.05) is 24.1 Å². The van der Waals surface area contributed by atoms with Crippen LogP contribution in [0.4, 0.5) is 4.39 Å². The van der Waals surface area contributed by atoms with Crippen molar-refractivity contribution in [2.75, 3.05) is 6.61 Å². The maximum atomic E-state index is 13.6. The van der Waals surface area contributed by atoms with Gasteiger partial charge in [-0.05, 0) is 11.6 Å². The van der Waals surface area contributed by atoms with E-state index < -0.39 is 17.8 Å². The summed E-state index contributed by atoms with van der Waals surface area (Å²) in [5.41, 5.74) is 6.76. The van der Waals surface area contributed by atoms with Crippen LogP contribution in [0.25, 0.3) is 0 Å². The highest BCUT2D eigenvalue weighted by Crippen LogP contribution is 2.30. The van der Waals surface area contributed by atoms with Gasteiger partial charge in [0.25, 0.3) is 0 Å². The normalized spacial score (nSPS) is 15.4. The lowest BCUT2D eigenvalue weighted by molar-refractivity contribution is -0.137. The van der Waals surface area contributed by atoms with Gasteiger partial charge < -0.3 is 15.6 Å². The molecule has 1 aliphatic rings. The van der Waals surface area contributed by atoms with Crippen molar-refractivity contribution < 1.29 is 19.0 Å². The van der Waals surface area contributed by atoms with Crippen LogP contribution in [0.3, 0.4) is 0 Å². The molecule has 1 aromatic carbocycles. The van der Waals surface area contributed by atoms with E-state index in [4.69, 9.17) is 15.6 Å². The van der Waals surface area contributed by atoms with Crippen LogP contribution in [-0.4, -0.2) is 17.7 Å². The Bertz CT molecular complexity index is 433. The first-order valence-corrected chi connectivity index (χ1v) is 5.00. The second-order valence-electron chi connectivity index (χ2n) is 3.78. The maximum Gasteiger partial charge on any atom is 0.305 e. The van der Waals surface area contributed by atoms with Gasteiger partial charge in [0.15, 0.2) is 0 Å². The first kappa shape index (κ1) is 10.9. The zero-order chi connectivity index (χ0) is 11.7. The number of hydrogen-bond donors (Lipinski definition) is 2. The predicted molar refractivity (Wildman–Crippen MR) is 54.8 cm³/mol. The number of benzene rings is 1. The molecular weight excluding hydrogens is 213 g/mol. The maximum absolute atomic E-state index is 13.6. The van der Waals surface area contributed by atoms with Crippen molar-refractivity contribution >= 4 is 5.97 Å². The zero-order valence-electron chi connectivity index (χ0n) is 8.57. The van der Waals surface area contributed by atoms with Crippen molar-refractivity contribution in [3.8, 4) is 5.75 Å². The topological polar surface area (TPSA) is 72.6 Å². The minimum atomic E-state index is -1.04. The molecule has 0 saturated heterocycles. The van der Waals surface area contributed by atoms with Gasteiger partial charge in [-0.1, -0.05) is 0 Å². The lowest BCUT2D eigenvalue weighted by Gasteiger charge is -2.12. The number of fused-ring (bicyclic) bond motifs is 1. The molecular formula is C11H12FNO3. The van der Waals surface area contributed by atoms with Crippen LogP contribution in [0, 0.1) is 5.82 Å². The third-order valence-corrected chi connectivity index (χ3v) is 2.60. The van der Waals surface area contributed by atoms with Gasteiger partial charge in [0.1, 0.15) is 11.6 Å². The quantitative estimate of drug-likeness (QED) is 0.811. The summed E-state index contributed by atoms with van der Waals surface area (Å²) < 4.78 is 18.8. The average Bonchev–Trinajstić information content (AvgIpc) is 2.61. The largest absolute Gasteiger partial charge is 0.493 e. The van der Waals surface area contributed by atoms with E-state index >= 15 is 0 Å². The van der Waals surface area contributed by atoms with Crippen LogP contribution in [-0.2, 0) is 11.2 Å². The summed E-state index contributed by atoms with van der Waals surface area (Å²) in [7, 11) is 0. The number of rotatable bonds is 3. The van der Waals surface area contributed by atoms with Crippen molar-refractivity contribution in [3.63, 3.8) is 0 Å². The second kappa shape index (κ2) is 4.09. The van der Waals surface area contributed by atoms with Crippen LogP contribution in [0.5, 0.6) is 5.75 Å². The first-order chi connectivity index (χ1) is 7.58. The number of halogens is 1. The highest BCUT2D eigenvalue weighted by molar-refractivity contribution is 5.68. The molecule has 5 heteroatoms. The molecule has 0 amide bonds. The van der Waals surface area contributed by atoms with Crippen molar-refractivity contribution in [1.29, 1.82) is 0 Å². The first-order valence-electron chi connectivity index (χ1n) is 5.00. The Morgan fingerprint density at radius 1 is 1.62 bits per heavy atom. The van der Waals surface area contributed by atoms with Gasteiger partial charge in [0.05, 0.1) is 13.0 Å². The minimum Gasteiger partial charge on any atom is -0.493 e. The molecule has 0 aliphatic carbocycles. The summed E-state index contributed by atoms with van der Waals surface area (Å²) in [6, 6.07) is 2.06. The summed E-state index contributed by atoms with van der Waals surface area (Å²) in [5.74, 6) is -1.01.